The lowest BCUT2D eigenvalue weighted by Crippen LogP contribution is -2.43. The Morgan fingerprint density at radius 2 is 1.10 bits per heavy atom. The Morgan fingerprint density at radius 1 is 0.690 bits per heavy atom. The van der Waals surface area contributed by atoms with Gasteiger partial charge in [-0.05, 0) is 19.3 Å². The second-order valence-corrected chi connectivity index (χ2v) is 7.45. The summed E-state index contributed by atoms with van der Waals surface area (Å²) in [5.41, 5.74) is -0.922. The van der Waals surface area contributed by atoms with E-state index in [0.29, 0.717) is 6.61 Å². The maximum Gasteiger partial charge on any atom is 0.302 e. The molecule has 0 heterocycles. The molecule has 0 radical (unpaired) electrons. The first-order valence-corrected chi connectivity index (χ1v) is 10.4. The van der Waals surface area contributed by atoms with Crippen molar-refractivity contribution in [2.24, 2.45) is 5.41 Å². The first kappa shape index (κ1) is 27.1. The third kappa shape index (κ3) is 16.7. The van der Waals surface area contributed by atoms with Crippen LogP contribution in [0.1, 0.15) is 72.1 Å². The van der Waals surface area contributed by atoms with E-state index in [4.69, 9.17) is 18.9 Å². The molecule has 0 aromatic rings. The average molecular weight is 415 g/mol. The molecule has 0 spiro atoms. The predicted octanol–water partition coefficient (Wildman–Crippen LogP) is 3.99. The van der Waals surface area contributed by atoms with E-state index in [1.54, 1.807) is 0 Å². The van der Waals surface area contributed by atoms with E-state index in [9.17, 15) is 14.4 Å². The van der Waals surface area contributed by atoms with E-state index >= 15 is 0 Å². The molecule has 0 unspecified atom stereocenters. The van der Waals surface area contributed by atoms with Crippen LogP contribution in [0, 0.1) is 5.41 Å². The minimum Gasteiger partial charge on any atom is -0.465 e. The van der Waals surface area contributed by atoms with Crippen molar-refractivity contribution >= 4 is 17.9 Å². The Morgan fingerprint density at radius 3 is 1.52 bits per heavy atom. The van der Waals surface area contributed by atoms with Gasteiger partial charge in [0.2, 0.25) is 0 Å². The van der Waals surface area contributed by atoms with Crippen LogP contribution in [0.25, 0.3) is 0 Å². The Bertz CT molecular complexity index is 442. The summed E-state index contributed by atoms with van der Waals surface area (Å²) in [4.78, 5) is 33.7. The normalized spacial score (nSPS) is 11.0. The maximum absolute atomic E-state index is 11.2. The van der Waals surface area contributed by atoms with Gasteiger partial charge in [0, 0.05) is 27.4 Å². The predicted molar refractivity (Wildman–Crippen MR) is 110 cm³/mol. The third-order valence-corrected chi connectivity index (χ3v) is 4.35. The first-order valence-electron chi connectivity index (χ1n) is 10.4. The zero-order valence-electron chi connectivity index (χ0n) is 18.3. The fourth-order valence-corrected chi connectivity index (χ4v) is 2.68. The van der Waals surface area contributed by atoms with Gasteiger partial charge in [0.15, 0.2) is 0 Å². The van der Waals surface area contributed by atoms with E-state index in [0.717, 1.165) is 25.7 Å². The molecule has 7 heteroatoms. The van der Waals surface area contributed by atoms with Gasteiger partial charge >= 0.3 is 17.9 Å². The molecular formula is C22H38O7. The van der Waals surface area contributed by atoms with Crippen molar-refractivity contribution in [2.45, 2.75) is 72.1 Å². The quantitative estimate of drug-likeness (QED) is 0.145. The minimum absolute atomic E-state index is 0.0619. The lowest BCUT2D eigenvalue weighted by molar-refractivity contribution is -0.164. The van der Waals surface area contributed by atoms with Gasteiger partial charge in [-0.2, -0.15) is 0 Å². The van der Waals surface area contributed by atoms with Gasteiger partial charge in [0.25, 0.3) is 0 Å². The molecule has 0 saturated carbocycles. The summed E-state index contributed by atoms with van der Waals surface area (Å²) in [6.07, 6.45) is 11.1. The number of unbranched alkanes of at least 4 members (excludes halogenated alkanes) is 7. The molecule has 0 bridgehead atoms. The first-order chi connectivity index (χ1) is 13.8. The molecular weight excluding hydrogens is 376 g/mol. The highest BCUT2D eigenvalue weighted by Gasteiger charge is 2.35. The SMILES string of the molecule is C=CCCCCCCCCCOCC(COC(C)=O)(COC(C)=O)COC(C)=O. The van der Waals surface area contributed by atoms with Gasteiger partial charge in [0.1, 0.15) is 19.8 Å². The van der Waals surface area contributed by atoms with E-state index < -0.39 is 23.3 Å². The molecule has 0 aliphatic rings. The highest BCUT2D eigenvalue weighted by atomic mass is 16.6. The van der Waals surface area contributed by atoms with Crippen LogP contribution in [0.5, 0.6) is 0 Å². The number of esters is 3. The fourth-order valence-electron chi connectivity index (χ4n) is 2.68. The lowest BCUT2D eigenvalue weighted by Gasteiger charge is -2.31. The monoisotopic (exact) mass is 414 g/mol. The second-order valence-electron chi connectivity index (χ2n) is 7.45. The second kappa shape index (κ2) is 17.0. The number of hydrogen-bond acceptors (Lipinski definition) is 7. The van der Waals surface area contributed by atoms with Gasteiger partial charge < -0.3 is 18.9 Å². The highest BCUT2D eigenvalue weighted by Crippen LogP contribution is 2.21. The molecule has 0 aliphatic heterocycles. The number of allylic oxidation sites excluding steroid dienone is 1. The Hall–Kier alpha value is -1.89. The summed E-state index contributed by atoms with van der Waals surface area (Å²) in [6.45, 7) is 8.11. The van der Waals surface area contributed by atoms with E-state index in [2.05, 4.69) is 6.58 Å². The van der Waals surface area contributed by atoms with Crippen molar-refractivity contribution in [3.05, 3.63) is 12.7 Å². The van der Waals surface area contributed by atoms with E-state index in [1.165, 1.54) is 46.5 Å². The molecule has 7 nitrogen and oxygen atoms in total. The number of hydrogen-bond donors (Lipinski definition) is 0. The molecule has 0 rings (SSSR count). The molecule has 0 N–H and O–H groups in total. The molecule has 29 heavy (non-hydrogen) atoms. The van der Waals surface area contributed by atoms with Crippen LogP contribution in [0.3, 0.4) is 0 Å². The van der Waals surface area contributed by atoms with Crippen molar-refractivity contribution in [3.8, 4) is 0 Å². The standard InChI is InChI=1S/C22H38O7/c1-5-6-7-8-9-10-11-12-13-14-26-15-22(16-27-19(2)23,17-28-20(3)24)18-29-21(4)25/h5H,1,6-18H2,2-4H3. The molecule has 0 saturated heterocycles. The number of rotatable bonds is 18. The van der Waals surface area contributed by atoms with Gasteiger partial charge in [-0.15, -0.1) is 6.58 Å². The highest BCUT2D eigenvalue weighted by molar-refractivity contribution is 5.67. The van der Waals surface area contributed by atoms with Crippen molar-refractivity contribution in [1.29, 1.82) is 0 Å². The fraction of sp³-hybridized carbons (Fsp3) is 0.773. The largest absolute Gasteiger partial charge is 0.465 e. The van der Waals surface area contributed by atoms with Crippen LogP contribution in [0.2, 0.25) is 0 Å². The van der Waals surface area contributed by atoms with Crippen LogP contribution >= 0.6 is 0 Å². The molecule has 0 aliphatic carbocycles. The molecule has 0 aromatic heterocycles. The third-order valence-electron chi connectivity index (χ3n) is 4.35. The van der Waals surface area contributed by atoms with Gasteiger partial charge in [-0.25, -0.2) is 0 Å². The number of carbonyl (C=O) groups is 3. The van der Waals surface area contributed by atoms with Crippen LogP contribution in [-0.2, 0) is 33.3 Å². The summed E-state index contributed by atoms with van der Waals surface area (Å²) in [6, 6.07) is 0. The van der Waals surface area contributed by atoms with Crippen molar-refractivity contribution in [2.75, 3.05) is 33.0 Å². The summed E-state index contributed by atoms with van der Waals surface area (Å²) in [5.74, 6) is -1.39. The molecule has 0 fully saturated rings. The van der Waals surface area contributed by atoms with Crippen LogP contribution in [0.15, 0.2) is 12.7 Å². The Kier molecular flexibility index (Phi) is 15.9. The maximum atomic E-state index is 11.2. The number of carbonyl (C=O) groups excluding carboxylic acids is 3. The van der Waals surface area contributed by atoms with Crippen molar-refractivity contribution in [3.63, 3.8) is 0 Å². The summed E-state index contributed by atoms with van der Waals surface area (Å²) in [7, 11) is 0. The van der Waals surface area contributed by atoms with Crippen LogP contribution in [0.4, 0.5) is 0 Å². The van der Waals surface area contributed by atoms with E-state index in [1.807, 2.05) is 6.08 Å². The molecule has 0 aromatic carbocycles. The average Bonchev–Trinajstić information content (AvgIpc) is 2.66. The van der Waals surface area contributed by atoms with Crippen molar-refractivity contribution in [1.82, 2.24) is 0 Å². The topological polar surface area (TPSA) is 88.1 Å². The number of ether oxygens (including phenoxy) is 4. The van der Waals surface area contributed by atoms with Gasteiger partial charge in [-0.1, -0.05) is 38.2 Å². The zero-order valence-corrected chi connectivity index (χ0v) is 18.3. The summed E-state index contributed by atoms with van der Waals surface area (Å²) in [5, 5.41) is 0. The molecule has 168 valence electrons. The van der Waals surface area contributed by atoms with Crippen molar-refractivity contribution < 1.29 is 33.3 Å². The lowest BCUT2D eigenvalue weighted by atomic mass is 9.92. The Labute approximate surface area is 175 Å². The smallest absolute Gasteiger partial charge is 0.302 e. The summed E-state index contributed by atoms with van der Waals surface area (Å²) >= 11 is 0. The Balaban J connectivity index is 4.37. The summed E-state index contributed by atoms with van der Waals surface area (Å²) < 4.78 is 21.1. The van der Waals surface area contributed by atoms with Gasteiger partial charge in [0.05, 0.1) is 12.0 Å². The van der Waals surface area contributed by atoms with Gasteiger partial charge in [-0.3, -0.25) is 14.4 Å². The zero-order chi connectivity index (χ0) is 22.0. The molecule has 0 amide bonds. The van der Waals surface area contributed by atoms with Crippen LogP contribution < -0.4 is 0 Å². The van der Waals surface area contributed by atoms with E-state index in [-0.39, 0.29) is 26.4 Å². The minimum atomic E-state index is -0.922. The molecule has 0 atom stereocenters. The van der Waals surface area contributed by atoms with Crippen LogP contribution in [-0.4, -0.2) is 50.9 Å².